The Morgan fingerprint density at radius 1 is 1.25 bits per heavy atom. The highest BCUT2D eigenvalue weighted by molar-refractivity contribution is 5.31. The normalized spacial score (nSPS) is 11.7. The minimum Gasteiger partial charge on any atom is -0.390 e. The van der Waals surface area contributed by atoms with Crippen molar-refractivity contribution in [1.29, 1.82) is 0 Å². The minimum absolute atomic E-state index is 0.523. The number of hydrogen-bond donors (Lipinski definition) is 1. The van der Waals surface area contributed by atoms with Crippen LogP contribution >= 0.6 is 0 Å². The number of rotatable bonds is 3. The third-order valence-corrected chi connectivity index (χ3v) is 2.23. The maximum atomic E-state index is 9.79. The molecule has 1 aromatic carbocycles. The Hall–Kier alpha value is -1.68. The first kappa shape index (κ1) is 10.8. The van der Waals surface area contributed by atoms with Crippen molar-refractivity contribution in [3.8, 4) is 5.69 Å². The van der Waals surface area contributed by atoms with E-state index in [4.69, 9.17) is 0 Å². The summed E-state index contributed by atoms with van der Waals surface area (Å²) in [6.45, 7) is 3.55. The van der Waals surface area contributed by atoms with Crippen molar-refractivity contribution in [3.05, 3.63) is 42.2 Å². The Morgan fingerprint density at radius 3 is 2.56 bits per heavy atom. The summed E-state index contributed by atoms with van der Waals surface area (Å²) in [4.78, 5) is 0. The van der Waals surface area contributed by atoms with Gasteiger partial charge in [-0.15, -0.1) is 5.10 Å². The van der Waals surface area contributed by atoms with E-state index in [9.17, 15) is 5.11 Å². The lowest BCUT2D eigenvalue weighted by Gasteiger charge is -2.17. The molecule has 16 heavy (non-hydrogen) atoms. The van der Waals surface area contributed by atoms with Gasteiger partial charge in [-0.2, -0.15) is 0 Å². The van der Waals surface area contributed by atoms with E-state index < -0.39 is 5.60 Å². The van der Waals surface area contributed by atoms with E-state index in [1.165, 1.54) is 0 Å². The topological polar surface area (TPSA) is 50.9 Å². The minimum atomic E-state index is -0.756. The van der Waals surface area contributed by atoms with Crippen LogP contribution in [-0.4, -0.2) is 25.7 Å². The summed E-state index contributed by atoms with van der Waals surface area (Å²) >= 11 is 0. The predicted octanol–water partition coefficient (Wildman–Crippen LogP) is 1.58. The van der Waals surface area contributed by atoms with E-state index in [1.54, 1.807) is 24.7 Å². The van der Waals surface area contributed by atoms with Crippen LogP contribution in [-0.2, 0) is 6.42 Å². The molecule has 0 spiro atoms. The molecule has 0 radical (unpaired) electrons. The molecule has 0 bridgehead atoms. The second kappa shape index (κ2) is 4.06. The Morgan fingerprint density at radius 2 is 1.94 bits per heavy atom. The molecule has 0 amide bonds. The molecule has 1 aromatic heterocycles. The third kappa shape index (κ3) is 2.46. The lowest BCUT2D eigenvalue weighted by atomic mass is 10.0. The first-order chi connectivity index (χ1) is 7.56. The Kier molecular flexibility index (Phi) is 2.75. The van der Waals surface area contributed by atoms with Gasteiger partial charge < -0.3 is 5.11 Å². The quantitative estimate of drug-likeness (QED) is 0.849. The van der Waals surface area contributed by atoms with E-state index in [0.717, 1.165) is 11.4 Å². The largest absolute Gasteiger partial charge is 0.390 e. The monoisotopic (exact) mass is 217 g/mol. The molecule has 0 saturated carbocycles. The van der Waals surface area contributed by atoms with Crippen molar-refractivity contribution in [3.63, 3.8) is 0 Å². The molecule has 0 aliphatic heterocycles. The van der Waals surface area contributed by atoms with Crippen molar-refractivity contribution in [1.82, 2.24) is 15.0 Å². The van der Waals surface area contributed by atoms with E-state index in [-0.39, 0.29) is 0 Å². The Bertz CT molecular complexity index is 457. The molecule has 2 aromatic rings. The Balaban J connectivity index is 2.33. The molecular formula is C12H15N3O. The fourth-order valence-corrected chi connectivity index (χ4v) is 1.61. The van der Waals surface area contributed by atoms with E-state index >= 15 is 0 Å². The molecular weight excluding hydrogens is 202 g/mol. The molecule has 1 heterocycles. The van der Waals surface area contributed by atoms with Gasteiger partial charge in [0.1, 0.15) is 0 Å². The second-order valence-electron chi connectivity index (χ2n) is 4.46. The predicted molar refractivity (Wildman–Crippen MR) is 61.4 cm³/mol. The summed E-state index contributed by atoms with van der Waals surface area (Å²) < 4.78 is 1.75. The third-order valence-electron chi connectivity index (χ3n) is 2.23. The number of benzene rings is 1. The smallest absolute Gasteiger partial charge is 0.0730 e. The van der Waals surface area contributed by atoms with Crippen molar-refractivity contribution < 1.29 is 5.11 Å². The van der Waals surface area contributed by atoms with Crippen molar-refractivity contribution in [2.45, 2.75) is 25.9 Å². The maximum Gasteiger partial charge on any atom is 0.0730 e. The maximum absolute atomic E-state index is 9.79. The zero-order valence-corrected chi connectivity index (χ0v) is 9.46. The van der Waals surface area contributed by atoms with E-state index in [2.05, 4.69) is 10.3 Å². The number of aliphatic hydroxyl groups is 1. The van der Waals surface area contributed by atoms with Gasteiger partial charge in [0.15, 0.2) is 0 Å². The SMILES string of the molecule is CC(C)(O)Cc1cnnn1-c1ccccc1. The van der Waals surface area contributed by atoms with Crippen LogP contribution < -0.4 is 0 Å². The molecule has 84 valence electrons. The van der Waals surface area contributed by atoms with Gasteiger partial charge in [-0.1, -0.05) is 23.4 Å². The zero-order chi connectivity index (χ0) is 11.6. The average molecular weight is 217 g/mol. The highest BCUT2D eigenvalue weighted by atomic mass is 16.3. The van der Waals surface area contributed by atoms with Crippen LogP contribution in [0.25, 0.3) is 5.69 Å². The molecule has 1 N–H and O–H groups in total. The van der Waals surface area contributed by atoms with Crippen LogP contribution in [0.3, 0.4) is 0 Å². The molecule has 0 atom stereocenters. The van der Waals surface area contributed by atoms with E-state index in [0.29, 0.717) is 6.42 Å². The number of hydrogen-bond acceptors (Lipinski definition) is 3. The lowest BCUT2D eigenvalue weighted by Crippen LogP contribution is -2.23. The number of nitrogens with zero attached hydrogens (tertiary/aromatic N) is 3. The highest BCUT2D eigenvalue weighted by Gasteiger charge is 2.17. The molecule has 0 unspecified atom stereocenters. The van der Waals surface area contributed by atoms with Crippen LogP contribution in [0.4, 0.5) is 0 Å². The molecule has 0 saturated heterocycles. The van der Waals surface area contributed by atoms with Crippen LogP contribution in [0.2, 0.25) is 0 Å². The summed E-state index contributed by atoms with van der Waals surface area (Å²) in [6.07, 6.45) is 2.21. The molecule has 0 aliphatic rings. The Labute approximate surface area is 94.5 Å². The lowest BCUT2D eigenvalue weighted by molar-refractivity contribution is 0.0793. The zero-order valence-electron chi connectivity index (χ0n) is 9.46. The van der Waals surface area contributed by atoms with Gasteiger partial charge in [-0.05, 0) is 26.0 Å². The van der Waals surface area contributed by atoms with Crippen molar-refractivity contribution in [2.75, 3.05) is 0 Å². The average Bonchev–Trinajstić information content (AvgIpc) is 2.64. The van der Waals surface area contributed by atoms with Crippen LogP contribution in [0.1, 0.15) is 19.5 Å². The second-order valence-corrected chi connectivity index (χ2v) is 4.46. The van der Waals surface area contributed by atoms with Gasteiger partial charge in [0.05, 0.1) is 23.2 Å². The molecule has 0 fully saturated rings. The van der Waals surface area contributed by atoms with Gasteiger partial charge >= 0.3 is 0 Å². The molecule has 4 heteroatoms. The van der Waals surface area contributed by atoms with Crippen molar-refractivity contribution in [2.24, 2.45) is 0 Å². The fourth-order valence-electron chi connectivity index (χ4n) is 1.61. The first-order valence-electron chi connectivity index (χ1n) is 5.24. The summed E-state index contributed by atoms with van der Waals surface area (Å²) in [7, 11) is 0. The van der Waals surface area contributed by atoms with Crippen LogP contribution in [0.5, 0.6) is 0 Å². The van der Waals surface area contributed by atoms with Gasteiger partial charge in [0.2, 0.25) is 0 Å². The van der Waals surface area contributed by atoms with Gasteiger partial charge in [-0.3, -0.25) is 0 Å². The highest BCUT2D eigenvalue weighted by Crippen LogP contribution is 2.14. The summed E-state index contributed by atoms with van der Waals surface area (Å²) in [5.74, 6) is 0. The van der Waals surface area contributed by atoms with Gasteiger partial charge in [0.25, 0.3) is 0 Å². The van der Waals surface area contributed by atoms with Crippen LogP contribution in [0, 0.1) is 0 Å². The van der Waals surface area contributed by atoms with Crippen molar-refractivity contribution >= 4 is 0 Å². The summed E-state index contributed by atoms with van der Waals surface area (Å²) in [6, 6.07) is 9.77. The standard InChI is InChI=1S/C12H15N3O/c1-12(2,16)8-11-9-13-14-15(11)10-6-4-3-5-7-10/h3-7,9,16H,8H2,1-2H3. The summed E-state index contributed by atoms with van der Waals surface area (Å²) in [5, 5.41) is 17.7. The van der Waals surface area contributed by atoms with Crippen LogP contribution in [0.15, 0.2) is 36.5 Å². The van der Waals surface area contributed by atoms with Gasteiger partial charge in [-0.25, -0.2) is 4.68 Å². The molecule has 4 nitrogen and oxygen atoms in total. The first-order valence-corrected chi connectivity index (χ1v) is 5.24. The molecule has 2 rings (SSSR count). The van der Waals surface area contributed by atoms with Gasteiger partial charge in [0, 0.05) is 6.42 Å². The number of para-hydroxylation sites is 1. The summed E-state index contributed by atoms with van der Waals surface area (Å²) in [5.41, 5.74) is 1.10. The fraction of sp³-hybridized carbons (Fsp3) is 0.333. The number of aromatic nitrogens is 3. The molecule has 0 aliphatic carbocycles. The van der Waals surface area contributed by atoms with E-state index in [1.807, 2.05) is 30.3 Å².